The molecule has 4 rings (SSSR count). The summed E-state index contributed by atoms with van der Waals surface area (Å²) in [5.41, 5.74) is 3.40. The lowest BCUT2D eigenvalue weighted by molar-refractivity contribution is 0.0766. The molecule has 172 valence electrons. The molecule has 0 spiro atoms. The van der Waals surface area contributed by atoms with Crippen LogP contribution in [-0.4, -0.2) is 54.5 Å². The number of rotatable bonds is 9. The molecule has 1 aliphatic heterocycles. The third-order valence-electron chi connectivity index (χ3n) is 6.64. The van der Waals surface area contributed by atoms with Gasteiger partial charge in [0, 0.05) is 56.6 Å². The molecule has 1 amide bonds. The average Bonchev–Trinajstić information content (AvgIpc) is 2.89. The maximum Gasteiger partial charge on any atom is 0.253 e. The van der Waals surface area contributed by atoms with Crippen LogP contribution in [0.15, 0.2) is 91.0 Å². The highest BCUT2D eigenvalue weighted by Crippen LogP contribution is 2.24. The topological polar surface area (TPSA) is 26.8 Å². The van der Waals surface area contributed by atoms with E-state index in [2.05, 4.69) is 77.4 Å². The first-order valence-corrected chi connectivity index (χ1v) is 12.2. The molecule has 0 aliphatic carbocycles. The third kappa shape index (κ3) is 6.23. The normalized spacial score (nSPS) is 14.7. The molecule has 0 bridgehead atoms. The second-order valence-electron chi connectivity index (χ2n) is 8.77. The van der Waals surface area contributed by atoms with Crippen molar-refractivity contribution in [2.75, 3.05) is 37.6 Å². The van der Waals surface area contributed by atoms with Crippen molar-refractivity contribution in [3.63, 3.8) is 0 Å². The molecule has 1 heterocycles. The van der Waals surface area contributed by atoms with Crippen molar-refractivity contribution in [2.24, 2.45) is 0 Å². The third-order valence-corrected chi connectivity index (χ3v) is 6.64. The first-order chi connectivity index (χ1) is 16.2. The molecule has 4 nitrogen and oxygen atoms in total. The summed E-state index contributed by atoms with van der Waals surface area (Å²) < 4.78 is 0. The molecule has 3 aromatic carbocycles. The highest BCUT2D eigenvalue weighted by molar-refractivity contribution is 5.94. The van der Waals surface area contributed by atoms with Gasteiger partial charge in [-0.05, 0) is 49.6 Å². The molecule has 4 heteroatoms. The van der Waals surface area contributed by atoms with E-state index in [0.29, 0.717) is 12.6 Å². The molecule has 33 heavy (non-hydrogen) atoms. The predicted octanol–water partition coefficient (Wildman–Crippen LogP) is 5.32. The lowest BCUT2D eigenvalue weighted by Gasteiger charge is -2.40. The zero-order valence-corrected chi connectivity index (χ0v) is 19.6. The van der Waals surface area contributed by atoms with Gasteiger partial charge in [-0.2, -0.15) is 0 Å². The minimum Gasteiger partial charge on any atom is -0.367 e. The largest absolute Gasteiger partial charge is 0.367 e. The van der Waals surface area contributed by atoms with Crippen LogP contribution >= 0.6 is 0 Å². The summed E-state index contributed by atoms with van der Waals surface area (Å²) in [5.74, 6) is 0.115. The summed E-state index contributed by atoms with van der Waals surface area (Å²) >= 11 is 0. The van der Waals surface area contributed by atoms with Gasteiger partial charge in [-0.1, -0.05) is 66.7 Å². The van der Waals surface area contributed by atoms with Gasteiger partial charge >= 0.3 is 0 Å². The first kappa shape index (κ1) is 23.1. The number of nitrogens with zero attached hydrogens (tertiary/aromatic N) is 3. The lowest BCUT2D eigenvalue weighted by Crippen LogP contribution is -2.48. The van der Waals surface area contributed by atoms with E-state index in [1.807, 2.05) is 35.2 Å². The van der Waals surface area contributed by atoms with Crippen LogP contribution in [-0.2, 0) is 6.54 Å². The zero-order valence-electron chi connectivity index (χ0n) is 19.6. The van der Waals surface area contributed by atoms with Crippen LogP contribution in [0, 0.1) is 0 Å². The van der Waals surface area contributed by atoms with E-state index in [-0.39, 0.29) is 5.91 Å². The van der Waals surface area contributed by atoms with Gasteiger partial charge in [0.05, 0.1) is 0 Å². The molecule has 1 fully saturated rings. The Balaban J connectivity index is 1.40. The van der Waals surface area contributed by atoms with Crippen molar-refractivity contribution in [1.29, 1.82) is 0 Å². The number of hydrogen-bond acceptors (Lipinski definition) is 3. The van der Waals surface area contributed by atoms with Crippen LogP contribution < -0.4 is 4.90 Å². The van der Waals surface area contributed by atoms with Gasteiger partial charge in [0.1, 0.15) is 0 Å². The van der Waals surface area contributed by atoms with Gasteiger partial charge in [-0.25, -0.2) is 0 Å². The van der Waals surface area contributed by atoms with Crippen molar-refractivity contribution in [2.45, 2.75) is 32.4 Å². The summed E-state index contributed by atoms with van der Waals surface area (Å²) in [6.07, 6.45) is 2.28. The monoisotopic (exact) mass is 441 g/mol. The zero-order chi connectivity index (χ0) is 22.9. The number of benzene rings is 3. The second-order valence-corrected chi connectivity index (χ2v) is 8.77. The minimum absolute atomic E-state index is 0.115. The molecule has 0 unspecified atom stereocenters. The maximum absolute atomic E-state index is 13.0. The van der Waals surface area contributed by atoms with Crippen LogP contribution in [0.4, 0.5) is 5.69 Å². The SMILES string of the molecule is CCN(CCN(c1ccccc1)C1CCN(Cc2ccccc2)CC1)C(=O)c1ccccc1. The van der Waals surface area contributed by atoms with Crippen molar-refractivity contribution in [3.05, 3.63) is 102 Å². The Morgan fingerprint density at radius 2 is 1.39 bits per heavy atom. The number of likely N-dealkylation sites (N-methyl/N-ethyl adjacent to an activating group) is 1. The van der Waals surface area contributed by atoms with E-state index >= 15 is 0 Å². The van der Waals surface area contributed by atoms with E-state index < -0.39 is 0 Å². The van der Waals surface area contributed by atoms with Gasteiger partial charge in [0.25, 0.3) is 5.91 Å². The van der Waals surface area contributed by atoms with Crippen molar-refractivity contribution in [3.8, 4) is 0 Å². The predicted molar refractivity (Wildman–Crippen MR) is 137 cm³/mol. The molecule has 0 aromatic heterocycles. The van der Waals surface area contributed by atoms with Crippen LogP contribution in [0.3, 0.4) is 0 Å². The fourth-order valence-corrected chi connectivity index (χ4v) is 4.77. The van der Waals surface area contributed by atoms with Gasteiger partial charge < -0.3 is 9.80 Å². The molecule has 0 N–H and O–H groups in total. The lowest BCUT2D eigenvalue weighted by atomic mass is 10.0. The summed E-state index contributed by atoms with van der Waals surface area (Å²) in [7, 11) is 0. The quantitative estimate of drug-likeness (QED) is 0.450. The number of likely N-dealkylation sites (tertiary alicyclic amines) is 1. The van der Waals surface area contributed by atoms with Crippen LogP contribution in [0.2, 0.25) is 0 Å². The van der Waals surface area contributed by atoms with Gasteiger partial charge in [-0.3, -0.25) is 9.69 Å². The van der Waals surface area contributed by atoms with Gasteiger partial charge in [0.2, 0.25) is 0 Å². The summed E-state index contributed by atoms with van der Waals surface area (Å²) in [6, 6.07) is 31.6. The number of carbonyl (C=O) groups is 1. The molecular weight excluding hydrogens is 406 g/mol. The molecule has 0 radical (unpaired) electrons. The smallest absolute Gasteiger partial charge is 0.253 e. The van der Waals surface area contributed by atoms with E-state index in [1.165, 1.54) is 11.3 Å². The first-order valence-electron chi connectivity index (χ1n) is 12.2. The van der Waals surface area contributed by atoms with Crippen molar-refractivity contribution >= 4 is 11.6 Å². The number of para-hydroxylation sites is 1. The molecule has 1 saturated heterocycles. The summed E-state index contributed by atoms with van der Waals surface area (Å²) in [4.78, 5) is 20.1. The fourth-order valence-electron chi connectivity index (χ4n) is 4.77. The van der Waals surface area contributed by atoms with E-state index in [1.54, 1.807) is 0 Å². The molecule has 1 aliphatic rings. The maximum atomic E-state index is 13.0. The standard InChI is InChI=1S/C29H35N3O/c1-2-31(29(33)26-14-8-4-9-15-26)22-23-32(27-16-10-5-11-17-27)28-18-20-30(21-19-28)24-25-12-6-3-7-13-25/h3-17,28H,2,18-24H2,1H3. The molecule has 0 saturated carbocycles. The Morgan fingerprint density at radius 3 is 2.00 bits per heavy atom. The Morgan fingerprint density at radius 1 is 0.818 bits per heavy atom. The van der Waals surface area contributed by atoms with Crippen molar-refractivity contribution in [1.82, 2.24) is 9.80 Å². The number of piperidine rings is 1. The highest BCUT2D eigenvalue weighted by atomic mass is 16.2. The minimum atomic E-state index is 0.115. The van der Waals surface area contributed by atoms with Gasteiger partial charge in [-0.15, -0.1) is 0 Å². The molecular formula is C29H35N3O. The van der Waals surface area contributed by atoms with Crippen LogP contribution in [0.5, 0.6) is 0 Å². The Labute approximate surface area is 198 Å². The Kier molecular flexibility index (Phi) is 8.15. The Bertz CT molecular complexity index is 970. The number of anilines is 1. The van der Waals surface area contributed by atoms with Crippen molar-refractivity contribution < 1.29 is 4.79 Å². The number of amides is 1. The number of hydrogen-bond donors (Lipinski definition) is 0. The van der Waals surface area contributed by atoms with E-state index in [9.17, 15) is 4.79 Å². The summed E-state index contributed by atoms with van der Waals surface area (Å²) in [5, 5.41) is 0. The van der Waals surface area contributed by atoms with Crippen LogP contribution in [0.1, 0.15) is 35.7 Å². The molecule has 3 aromatic rings. The van der Waals surface area contributed by atoms with E-state index in [4.69, 9.17) is 0 Å². The fraction of sp³-hybridized carbons (Fsp3) is 0.345. The van der Waals surface area contributed by atoms with Gasteiger partial charge in [0.15, 0.2) is 0 Å². The average molecular weight is 442 g/mol. The number of carbonyl (C=O) groups excluding carboxylic acids is 1. The highest BCUT2D eigenvalue weighted by Gasteiger charge is 2.26. The van der Waals surface area contributed by atoms with Crippen LogP contribution in [0.25, 0.3) is 0 Å². The second kappa shape index (κ2) is 11.7. The van der Waals surface area contributed by atoms with E-state index in [0.717, 1.165) is 51.1 Å². The molecule has 0 atom stereocenters. The Hall–Kier alpha value is -3.11. The summed E-state index contributed by atoms with van der Waals surface area (Å²) in [6.45, 7) is 7.57.